The van der Waals surface area contributed by atoms with Crippen LogP contribution in [-0.2, 0) is 14.9 Å². The third-order valence-corrected chi connectivity index (χ3v) is 6.56. The number of thioether (sulfide) groups is 1. The maximum absolute atomic E-state index is 12.6. The van der Waals surface area contributed by atoms with Crippen LogP contribution < -0.4 is 9.92 Å². The summed E-state index contributed by atoms with van der Waals surface area (Å²) in [6.45, 7) is 1.79. The zero-order chi connectivity index (χ0) is 22.8. The number of nitrogens with zero attached hydrogens (tertiary/aromatic N) is 2. The highest BCUT2D eigenvalue weighted by molar-refractivity contribution is 8.18. The highest BCUT2D eigenvalue weighted by atomic mass is 32.2. The van der Waals surface area contributed by atoms with Crippen LogP contribution in [0.5, 0.6) is 5.75 Å². The van der Waals surface area contributed by atoms with Crippen molar-refractivity contribution in [1.82, 2.24) is 4.90 Å². The van der Waals surface area contributed by atoms with Crippen LogP contribution in [-0.4, -0.2) is 42.5 Å². The minimum Gasteiger partial charge on any atom is -0.379 e. The van der Waals surface area contributed by atoms with Crippen LogP contribution in [0, 0.1) is 17.0 Å². The number of rotatable bonds is 7. The molecule has 1 fully saturated rings. The van der Waals surface area contributed by atoms with E-state index >= 15 is 0 Å². The Bertz CT molecular complexity index is 1190. The van der Waals surface area contributed by atoms with Crippen LogP contribution in [0.2, 0.25) is 0 Å². The van der Waals surface area contributed by atoms with Crippen molar-refractivity contribution in [2.24, 2.45) is 5.73 Å². The molecule has 2 aromatic carbocycles. The number of nitrogens with two attached hydrogens (primary N) is 1. The maximum atomic E-state index is 12.6. The number of amides is 2. The van der Waals surface area contributed by atoms with Gasteiger partial charge in [0.15, 0.2) is 0 Å². The molecule has 3 rings (SSSR count). The highest BCUT2D eigenvalue weighted by Gasteiger charge is 2.34. The summed E-state index contributed by atoms with van der Waals surface area (Å²) in [5.74, 6) is -0.455. The molecule has 0 bridgehead atoms. The van der Waals surface area contributed by atoms with E-state index in [0.717, 1.165) is 22.7 Å². The van der Waals surface area contributed by atoms with Gasteiger partial charge in [-0.15, -0.1) is 0 Å². The lowest BCUT2D eigenvalue weighted by molar-refractivity contribution is -0.385. The first-order valence-corrected chi connectivity index (χ1v) is 11.1. The van der Waals surface area contributed by atoms with Crippen LogP contribution in [0.4, 0.5) is 10.5 Å². The van der Waals surface area contributed by atoms with Crippen LogP contribution in [0.1, 0.15) is 11.1 Å². The smallest absolute Gasteiger partial charge is 0.339 e. The highest BCUT2D eigenvalue weighted by Crippen LogP contribution is 2.32. The van der Waals surface area contributed by atoms with Gasteiger partial charge < -0.3 is 9.92 Å². The fourth-order valence-corrected chi connectivity index (χ4v) is 4.78. The Morgan fingerprint density at radius 2 is 1.87 bits per heavy atom. The Hall–Kier alpha value is -3.22. The van der Waals surface area contributed by atoms with Gasteiger partial charge in [-0.3, -0.25) is 24.6 Å². The fraction of sp³-hybridized carbons (Fsp3) is 0.158. The normalized spacial score (nSPS) is 15.5. The number of hydrogen-bond donors (Lipinski definition) is 1. The number of carbonyl (C=O) groups is 2. The van der Waals surface area contributed by atoms with Crippen molar-refractivity contribution in [2.45, 2.75) is 11.8 Å². The number of hydrogen-bond acceptors (Lipinski definition) is 9. The van der Waals surface area contributed by atoms with Gasteiger partial charge in [0.25, 0.3) is 16.8 Å². The van der Waals surface area contributed by atoms with Gasteiger partial charge in [0.1, 0.15) is 10.6 Å². The third-order valence-electron chi connectivity index (χ3n) is 4.26. The maximum Gasteiger partial charge on any atom is 0.339 e. The quantitative estimate of drug-likeness (QED) is 0.283. The summed E-state index contributed by atoms with van der Waals surface area (Å²) < 4.78 is 30.3. The van der Waals surface area contributed by atoms with Gasteiger partial charge in [0.05, 0.1) is 9.83 Å². The number of benzene rings is 2. The Kier molecular flexibility index (Phi) is 6.43. The molecule has 10 nitrogen and oxygen atoms in total. The molecule has 1 heterocycles. The Morgan fingerprint density at radius 1 is 1.19 bits per heavy atom. The number of imide groups is 1. The fourth-order valence-electron chi connectivity index (χ4n) is 2.74. The molecule has 0 spiro atoms. The van der Waals surface area contributed by atoms with Crippen molar-refractivity contribution in [1.29, 1.82) is 0 Å². The van der Waals surface area contributed by atoms with Gasteiger partial charge in [0.2, 0.25) is 0 Å². The summed E-state index contributed by atoms with van der Waals surface area (Å²) in [4.78, 5) is 35.3. The molecule has 0 saturated carbocycles. The molecule has 2 amide bonds. The molecule has 0 atom stereocenters. The molecule has 162 valence electrons. The molecule has 0 radical (unpaired) electrons. The van der Waals surface area contributed by atoms with Gasteiger partial charge in [-0.25, -0.2) is 0 Å². The zero-order valence-corrected chi connectivity index (χ0v) is 17.8. The largest absolute Gasteiger partial charge is 0.379 e. The number of carbonyl (C=O) groups excluding carboxylic acids is 2. The Labute approximate surface area is 181 Å². The molecule has 12 heteroatoms. The van der Waals surface area contributed by atoms with Crippen LogP contribution in [0.25, 0.3) is 6.08 Å². The molecule has 0 aromatic heterocycles. The predicted octanol–water partition coefficient (Wildman–Crippen LogP) is 2.67. The van der Waals surface area contributed by atoms with Crippen molar-refractivity contribution >= 4 is 44.8 Å². The van der Waals surface area contributed by atoms with E-state index in [4.69, 9.17) is 9.92 Å². The molecular weight excluding hydrogens is 446 g/mol. The molecule has 1 saturated heterocycles. The van der Waals surface area contributed by atoms with Crippen molar-refractivity contribution in [3.8, 4) is 5.75 Å². The van der Waals surface area contributed by atoms with E-state index in [1.54, 1.807) is 0 Å². The first kappa shape index (κ1) is 22.5. The molecule has 2 aromatic rings. The molecule has 2 N–H and O–H groups in total. The molecule has 0 aliphatic carbocycles. The average Bonchev–Trinajstić information content (AvgIpc) is 2.97. The Balaban J connectivity index is 1.80. The summed E-state index contributed by atoms with van der Waals surface area (Å²) in [6, 6.07) is 9.26. The number of non-ortho nitro benzene ring substituents is 1. The number of nitro groups is 1. The second-order valence-electron chi connectivity index (χ2n) is 6.44. The summed E-state index contributed by atoms with van der Waals surface area (Å²) in [6.07, 6.45) is 1.50. The minimum atomic E-state index is -4.31. The van der Waals surface area contributed by atoms with Crippen LogP contribution in [0.15, 0.2) is 52.3 Å². The lowest BCUT2D eigenvalue weighted by atomic mass is 10.2. The van der Waals surface area contributed by atoms with Gasteiger partial charge in [-0.1, -0.05) is 18.2 Å². The van der Waals surface area contributed by atoms with Crippen molar-refractivity contribution in [3.63, 3.8) is 0 Å². The SMILES string of the molecule is Cc1ccc([N+](=O)[O-])cc1S(=O)(=O)Oc1ccc(/C=C2\SC(=O)N(CCN)C2=O)cc1. The summed E-state index contributed by atoms with van der Waals surface area (Å²) >= 11 is 0.794. The van der Waals surface area contributed by atoms with Crippen LogP contribution in [0.3, 0.4) is 0 Å². The topological polar surface area (TPSA) is 150 Å². The second-order valence-corrected chi connectivity index (χ2v) is 8.94. The lowest BCUT2D eigenvalue weighted by Crippen LogP contribution is -2.33. The molecule has 1 aliphatic rings. The van der Waals surface area contributed by atoms with E-state index in [0.29, 0.717) is 11.1 Å². The van der Waals surface area contributed by atoms with E-state index < -0.39 is 26.2 Å². The summed E-state index contributed by atoms with van der Waals surface area (Å²) in [7, 11) is -4.31. The first-order valence-electron chi connectivity index (χ1n) is 8.87. The zero-order valence-electron chi connectivity index (χ0n) is 16.2. The lowest BCUT2D eigenvalue weighted by Gasteiger charge is -2.10. The van der Waals surface area contributed by atoms with E-state index in [1.807, 2.05) is 0 Å². The number of aryl methyl sites for hydroxylation is 1. The predicted molar refractivity (Wildman–Crippen MR) is 114 cm³/mol. The van der Waals surface area contributed by atoms with E-state index in [2.05, 4.69) is 0 Å². The van der Waals surface area contributed by atoms with Gasteiger partial charge in [-0.05, 0) is 48.0 Å². The van der Waals surface area contributed by atoms with Gasteiger partial charge in [-0.2, -0.15) is 8.42 Å². The van der Waals surface area contributed by atoms with Crippen molar-refractivity contribution < 1.29 is 27.1 Å². The first-order chi connectivity index (χ1) is 14.6. The van der Waals surface area contributed by atoms with Gasteiger partial charge >= 0.3 is 10.1 Å². The monoisotopic (exact) mass is 463 g/mol. The van der Waals surface area contributed by atoms with E-state index in [-0.39, 0.29) is 34.3 Å². The number of nitro benzene ring substituents is 1. The molecule has 1 aliphatic heterocycles. The van der Waals surface area contributed by atoms with Crippen molar-refractivity contribution in [3.05, 3.63) is 68.6 Å². The standard InChI is InChI=1S/C19H17N3O7S2/c1-12-2-5-14(22(25)26)11-17(12)31(27,28)29-15-6-3-13(4-7-15)10-16-18(23)21(9-8-20)19(24)30-16/h2-7,10-11H,8-9,20H2,1H3/b16-10-. The summed E-state index contributed by atoms with van der Waals surface area (Å²) in [5, 5.41) is 10.5. The van der Waals surface area contributed by atoms with Crippen molar-refractivity contribution in [2.75, 3.05) is 13.1 Å². The minimum absolute atomic E-state index is 0.0145. The average molecular weight is 463 g/mol. The molecular formula is C19H17N3O7S2. The summed E-state index contributed by atoms with van der Waals surface area (Å²) in [5.41, 5.74) is 5.88. The van der Waals surface area contributed by atoms with E-state index in [1.165, 1.54) is 49.4 Å². The second kappa shape index (κ2) is 8.88. The van der Waals surface area contributed by atoms with Crippen LogP contribution >= 0.6 is 11.8 Å². The third kappa shape index (κ3) is 4.93. The molecule has 0 unspecified atom stereocenters. The molecule has 31 heavy (non-hydrogen) atoms. The van der Waals surface area contributed by atoms with Gasteiger partial charge in [0, 0.05) is 25.2 Å². The van der Waals surface area contributed by atoms with E-state index in [9.17, 15) is 28.1 Å². The Morgan fingerprint density at radius 3 is 2.48 bits per heavy atom.